The Hall–Kier alpha value is -1.04. The normalized spacial score (nSPS) is 39.9. The number of hydrogen-bond acceptors (Lipinski definition) is 5. The van der Waals surface area contributed by atoms with Gasteiger partial charge in [-0.2, -0.15) is 0 Å². The van der Waals surface area contributed by atoms with Gasteiger partial charge in [0.2, 0.25) is 11.6 Å². The molecule has 4 atom stereocenters. The monoisotopic (exact) mass is 296 g/mol. The molecule has 0 radical (unpaired) electrons. The fourth-order valence-corrected chi connectivity index (χ4v) is 3.18. The van der Waals surface area contributed by atoms with Crippen LogP contribution in [0.15, 0.2) is 11.6 Å². The van der Waals surface area contributed by atoms with Gasteiger partial charge < -0.3 is 14.6 Å². The Bertz CT molecular complexity index is 469. The second-order valence-corrected chi connectivity index (χ2v) is 6.50. The Labute approximate surface area is 125 Å². The van der Waals surface area contributed by atoms with Gasteiger partial charge >= 0.3 is 0 Å². The predicted octanol–water partition coefficient (Wildman–Crippen LogP) is 1.43. The summed E-state index contributed by atoms with van der Waals surface area (Å²) in [6, 6.07) is 0. The number of Topliss-reactive ketones (excluding diaryl/α,β-unsaturated/α-hetero) is 2. The molecule has 0 bridgehead atoms. The average Bonchev–Trinajstić information content (AvgIpc) is 3.20. The Morgan fingerprint density at radius 2 is 2.10 bits per heavy atom. The van der Waals surface area contributed by atoms with Crippen LogP contribution in [0.25, 0.3) is 0 Å². The largest absolute Gasteiger partial charge is 0.387 e. The van der Waals surface area contributed by atoms with Crippen LogP contribution >= 0.6 is 0 Å². The van der Waals surface area contributed by atoms with Crippen LogP contribution < -0.4 is 0 Å². The highest BCUT2D eigenvalue weighted by Gasteiger charge is 2.64. The number of rotatable bonds is 3. The van der Waals surface area contributed by atoms with Crippen LogP contribution in [0, 0.1) is 5.92 Å². The molecule has 21 heavy (non-hydrogen) atoms. The molecule has 1 saturated heterocycles. The van der Waals surface area contributed by atoms with Gasteiger partial charge in [-0.1, -0.05) is 11.6 Å². The second kappa shape index (κ2) is 5.63. The molecule has 1 spiro atoms. The third-order valence-electron chi connectivity index (χ3n) is 4.83. The van der Waals surface area contributed by atoms with E-state index in [-0.39, 0.29) is 6.42 Å². The number of hydrogen-bond donors (Lipinski definition) is 1. The molecule has 5 heteroatoms. The van der Waals surface area contributed by atoms with Gasteiger partial charge in [0, 0.05) is 19.4 Å². The zero-order chi connectivity index (χ0) is 15.8. The lowest BCUT2D eigenvalue weighted by molar-refractivity contribution is -0.160. The van der Waals surface area contributed by atoms with Gasteiger partial charge in [-0.3, -0.25) is 9.59 Å². The molecular weight excluding hydrogens is 272 g/mol. The van der Waals surface area contributed by atoms with Crippen molar-refractivity contribution in [2.24, 2.45) is 5.92 Å². The minimum Gasteiger partial charge on any atom is -0.387 e. The summed E-state index contributed by atoms with van der Waals surface area (Å²) >= 11 is 0. The standard InChI is InChI=1S/C16H24O5/c1-10(2)5-6-11-14(20-4)13(18)12(17)7-8-16(9-21-16)15(11,3)19/h5,11,14,19H,6-9H2,1-4H3. The highest BCUT2D eigenvalue weighted by atomic mass is 16.6. The molecule has 1 aliphatic carbocycles. The molecule has 4 unspecified atom stereocenters. The predicted molar refractivity (Wildman–Crippen MR) is 76.9 cm³/mol. The number of carbonyl (C=O) groups excluding carboxylic acids is 2. The molecule has 118 valence electrons. The van der Waals surface area contributed by atoms with Crippen molar-refractivity contribution in [1.29, 1.82) is 0 Å². The van der Waals surface area contributed by atoms with E-state index in [2.05, 4.69) is 0 Å². The smallest absolute Gasteiger partial charge is 0.227 e. The summed E-state index contributed by atoms with van der Waals surface area (Å²) in [5.41, 5.74) is -0.844. The molecule has 0 aromatic carbocycles. The summed E-state index contributed by atoms with van der Waals surface area (Å²) < 4.78 is 10.8. The van der Waals surface area contributed by atoms with Crippen molar-refractivity contribution in [3.05, 3.63) is 11.6 Å². The summed E-state index contributed by atoms with van der Waals surface area (Å²) in [6.45, 7) is 6.02. The van der Waals surface area contributed by atoms with E-state index in [1.165, 1.54) is 7.11 Å². The number of ether oxygens (including phenoxy) is 2. The van der Waals surface area contributed by atoms with Gasteiger partial charge in [-0.05, 0) is 33.6 Å². The van der Waals surface area contributed by atoms with E-state index in [1.807, 2.05) is 19.9 Å². The maximum Gasteiger partial charge on any atom is 0.227 e. The molecule has 2 fully saturated rings. The average molecular weight is 296 g/mol. The number of carbonyl (C=O) groups is 2. The van der Waals surface area contributed by atoms with E-state index >= 15 is 0 Å². The van der Waals surface area contributed by atoms with Gasteiger partial charge in [0.05, 0.1) is 12.2 Å². The van der Waals surface area contributed by atoms with Crippen LogP contribution in [0.4, 0.5) is 0 Å². The molecule has 1 N–H and O–H groups in total. The Morgan fingerprint density at radius 1 is 1.48 bits per heavy atom. The molecule has 1 aliphatic heterocycles. The maximum atomic E-state index is 12.3. The van der Waals surface area contributed by atoms with Crippen molar-refractivity contribution < 1.29 is 24.2 Å². The zero-order valence-electron chi connectivity index (χ0n) is 13.1. The molecule has 0 aromatic rings. The quantitative estimate of drug-likeness (QED) is 0.484. The van der Waals surface area contributed by atoms with E-state index in [0.29, 0.717) is 19.4 Å². The molecular formula is C16H24O5. The van der Waals surface area contributed by atoms with Crippen molar-refractivity contribution >= 4 is 11.6 Å². The first kappa shape index (κ1) is 16.3. The molecule has 2 rings (SSSR count). The Balaban J connectivity index is 2.41. The highest BCUT2D eigenvalue weighted by Crippen LogP contribution is 2.49. The summed E-state index contributed by atoms with van der Waals surface area (Å²) in [5, 5.41) is 11.1. The Morgan fingerprint density at radius 3 is 2.57 bits per heavy atom. The van der Waals surface area contributed by atoms with E-state index < -0.39 is 34.8 Å². The third kappa shape index (κ3) is 2.82. The first-order valence-corrected chi connectivity index (χ1v) is 7.35. The van der Waals surface area contributed by atoms with E-state index in [0.717, 1.165) is 5.57 Å². The number of epoxide rings is 1. The lowest BCUT2D eigenvalue weighted by Crippen LogP contribution is -2.57. The summed E-state index contributed by atoms with van der Waals surface area (Å²) in [5.74, 6) is -1.48. The first-order chi connectivity index (χ1) is 9.75. The lowest BCUT2D eigenvalue weighted by atomic mass is 9.69. The van der Waals surface area contributed by atoms with Crippen LogP contribution in [-0.2, 0) is 19.1 Å². The number of ketones is 2. The molecule has 1 saturated carbocycles. The summed E-state index contributed by atoms with van der Waals surface area (Å²) in [7, 11) is 1.41. The molecule has 2 aliphatic rings. The minimum atomic E-state index is -1.21. The van der Waals surface area contributed by atoms with E-state index in [9.17, 15) is 14.7 Å². The first-order valence-electron chi connectivity index (χ1n) is 7.35. The van der Waals surface area contributed by atoms with Crippen molar-refractivity contribution in [2.45, 2.75) is 57.3 Å². The van der Waals surface area contributed by atoms with Gasteiger partial charge in [0.1, 0.15) is 11.7 Å². The number of allylic oxidation sites excluding steroid dienone is 2. The summed E-state index contributed by atoms with van der Waals surface area (Å²) in [6.07, 6.45) is 1.99. The van der Waals surface area contributed by atoms with Crippen molar-refractivity contribution in [3.8, 4) is 0 Å². The van der Waals surface area contributed by atoms with E-state index in [1.54, 1.807) is 6.92 Å². The van der Waals surface area contributed by atoms with E-state index in [4.69, 9.17) is 9.47 Å². The highest BCUT2D eigenvalue weighted by molar-refractivity contribution is 6.39. The van der Waals surface area contributed by atoms with Gasteiger partial charge in [0.25, 0.3) is 0 Å². The van der Waals surface area contributed by atoms with Crippen LogP contribution in [0.3, 0.4) is 0 Å². The fourth-order valence-electron chi connectivity index (χ4n) is 3.18. The van der Waals surface area contributed by atoms with Gasteiger partial charge in [-0.25, -0.2) is 0 Å². The summed E-state index contributed by atoms with van der Waals surface area (Å²) in [4.78, 5) is 24.2. The topological polar surface area (TPSA) is 76.1 Å². The molecule has 0 amide bonds. The zero-order valence-corrected chi connectivity index (χ0v) is 13.1. The fraction of sp³-hybridized carbons (Fsp3) is 0.750. The third-order valence-corrected chi connectivity index (χ3v) is 4.83. The van der Waals surface area contributed by atoms with Crippen molar-refractivity contribution in [2.75, 3.05) is 13.7 Å². The minimum absolute atomic E-state index is 0.101. The van der Waals surface area contributed by atoms with Crippen molar-refractivity contribution in [1.82, 2.24) is 0 Å². The SMILES string of the molecule is COC1C(=O)C(=O)CCC2(CO2)C(C)(O)C1CC=C(C)C. The molecule has 1 heterocycles. The van der Waals surface area contributed by atoms with Gasteiger partial charge in [0.15, 0.2) is 0 Å². The van der Waals surface area contributed by atoms with Crippen LogP contribution in [0.1, 0.15) is 40.0 Å². The van der Waals surface area contributed by atoms with Gasteiger partial charge in [-0.15, -0.1) is 0 Å². The van der Waals surface area contributed by atoms with Crippen LogP contribution in [0.5, 0.6) is 0 Å². The molecule has 0 aromatic heterocycles. The number of methoxy groups -OCH3 is 1. The maximum absolute atomic E-state index is 12.3. The van der Waals surface area contributed by atoms with Crippen molar-refractivity contribution in [3.63, 3.8) is 0 Å². The number of aliphatic hydroxyl groups is 1. The lowest BCUT2D eigenvalue weighted by Gasteiger charge is -2.42. The van der Waals surface area contributed by atoms with Crippen LogP contribution in [-0.4, -0.2) is 47.7 Å². The van der Waals surface area contributed by atoms with Crippen LogP contribution in [0.2, 0.25) is 0 Å². The Kier molecular flexibility index (Phi) is 4.38. The molecule has 5 nitrogen and oxygen atoms in total. The second-order valence-electron chi connectivity index (χ2n) is 6.50.